The van der Waals surface area contributed by atoms with Crippen LogP contribution in [0.1, 0.15) is 32.3 Å². The number of guanidine groups is 1. The maximum absolute atomic E-state index is 5.64. The monoisotopic (exact) mass is 351 g/mol. The van der Waals surface area contributed by atoms with Crippen molar-refractivity contribution in [1.82, 2.24) is 10.6 Å². The number of hydrogen-bond acceptors (Lipinski definition) is 4. The van der Waals surface area contributed by atoms with Crippen LogP contribution in [0.5, 0.6) is 11.5 Å². The Morgan fingerprint density at radius 2 is 2.21 bits per heavy atom. The van der Waals surface area contributed by atoms with E-state index in [0.717, 1.165) is 35.3 Å². The summed E-state index contributed by atoms with van der Waals surface area (Å²) in [6, 6.07) is 6.49. The Morgan fingerprint density at radius 1 is 1.33 bits per heavy atom. The van der Waals surface area contributed by atoms with E-state index in [-0.39, 0.29) is 0 Å². The molecule has 1 aromatic carbocycles. The number of hydrogen-bond donors (Lipinski definition) is 2. The summed E-state index contributed by atoms with van der Waals surface area (Å²) in [4.78, 5) is 4.72. The Kier molecular flexibility index (Phi) is 8.08. The number of nitrogens with zero attached hydrogens (tertiary/aromatic N) is 1. The quantitative estimate of drug-likeness (QED) is 0.584. The van der Waals surface area contributed by atoms with Gasteiger partial charge in [-0.25, -0.2) is 4.99 Å². The number of rotatable bonds is 7. The molecule has 1 aromatic rings. The number of nitrogens with one attached hydrogen (secondary N) is 2. The second-order valence-electron chi connectivity index (χ2n) is 5.67. The van der Waals surface area contributed by atoms with Crippen LogP contribution in [0.2, 0.25) is 0 Å². The summed E-state index contributed by atoms with van der Waals surface area (Å²) in [6.07, 6.45) is 2.49. The predicted octanol–water partition coefficient (Wildman–Crippen LogP) is 3.04. The third-order valence-corrected chi connectivity index (χ3v) is 5.01. The van der Waals surface area contributed by atoms with Crippen LogP contribution in [0.15, 0.2) is 23.2 Å². The van der Waals surface area contributed by atoms with Gasteiger partial charge in [0.2, 0.25) is 0 Å². The van der Waals surface area contributed by atoms with E-state index in [1.54, 1.807) is 7.11 Å². The van der Waals surface area contributed by atoms with Crippen molar-refractivity contribution in [3.8, 4) is 11.5 Å². The lowest BCUT2D eigenvalue weighted by Crippen LogP contribution is -2.45. The summed E-state index contributed by atoms with van der Waals surface area (Å²) in [7, 11) is 1.66. The van der Waals surface area contributed by atoms with Gasteiger partial charge in [0, 0.05) is 18.3 Å². The molecular formula is C18H29N3O2S. The van der Waals surface area contributed by atoms with E-state index in [1.165, 1.54) is 18.6 Å². The van der Waals surface area contributed by atoms with E-state index in [0.29, 0.717) is 19.2 Å². The molecule has 1 aliphatic rings. The van der Waals surface area contributed by atoms with E-state index in [9.17, 15) is 0 Å². The lowest BCUT2D eigenvalue weighted by molar-refractivity contribution is 0.310. The van der Waals surface area contributed by atoms with Crippen LogP contribution in [-0.2, 0) is 6.54 Å². The van der Waals surface area contributed by atoms with Crippen molar-refractivity contribution in [2.75, 3.05) is 31.8 Å². The van der Waals surface area contributed by atoms with Crippen molar-refractivity contribution < 1.29 is 9.47 Å². The van der Waals surface area contributed by atoms with Crippen molar-refractivity contribution >= 4 is 17.7 Å². The molecule has 5 nitrogen and oxygen atoms in total. The molecule has 0 radical (unpaired) electrons. The number of aliphatic imine (C=N–C) groups is 1. The van der Waals surface area contributed by atoms with Crippen molar-refractivity contribution in [3.63, 3.8) is 0 Å². The zero-order valence-electron chi connectivity index (χ0n) is 14.9. The van der Waals surface area contributed by atoms with Gasteiger partial charge in [0.15, 0.2) is 17.5 Å². The van der Waals surface area contributed by atoms with Crippen LogP contribution in [0, 0.1) is 0 Å². The third kappa shape index (κ3) is 5.82. The highest BCUT2D eigenvalue weighted by molar-refractivity contribution is 7.99. The summed E-state index contributed by atoms with van der Waals surface area (Å²) in [5, 5.41) is 6.89. The van der Waals surface area contributed by atoms with Crippen molar-refractivity contribution in [1.29, 1.82) is 0 Å². The molecule has 1 unspecified atom stereocenters. The first-order valence-electron chi connectivity index (χ1n) is 8.69. The molecule has 1 atom stereocenters. The van der Waals surface area contributed by atoms with Crippen LogP contribution < -0.4 is 20.1 Å². The molecule has 2 N–H and O–H groups in total. The van der Waals surface area contributed by atoms with Gasteiger partial charge in [0.25, 0.3) is 0 Å². The van der Waals surface area contributed by atoms with Crippen molar-refractivity contribution in [3.05, 3.63) is 23.8 Å². The van der Waals surface area contributed by atoms with Gasteiger partial charge in [-0.3, -0.25) is 0 Å². The lowest BCUT2D eigenvalue weighted by atomic mass is 10.2. The maximum atomic E-state index is 5.64. The Balaban J connectivity index is 2.02. The predicted molar refractivity (Wildman–Crippen MR) is 102 cm³/mol. The first kappa shape index (κ1) is 18.8. The van der Waals surface area contributed by atoms with Gasteiger partial charge in [0.1, 0.15) is 0 Å². The highest BCUT2D eigenvalue weighted by atomic mass is 32.2. The van der Waals surface area contributed by atoms with Gasteiger partial charge in [-0.2, -0.15) is 11.8 Å². The number of benzene rings is 1. The molecule has 1 saturated heterocycles. The average Bonchev–Trinajstić information content (AvgIpc) is 2.61. The fourth-order valence-electron chi connectivity index (χ4n) is 2.63. The molecule has 0 amide bonds. The largest absolute Gasteiger partial charge is 0.493 e. The Labute approximate surface area is 149 Å². The number of ether oxygens (including phenoxy) is 2. The fourth-order valence-corrected chi connectivity index (χ4v) is 3.70. The second kappa shape index (κ2) is 10.3. The van der Waals surface area contributed by atoms with Crippen molar-refractivity contribution in [2.45, 2.75) is 39.3 Å². The Hall–Kier alpha value is -1.56. The fraction of sp³-hybridized carbons (Fsp3) is 0.611. The van der Waals surface area contributed by atoms with E-state index in [4.69, 9.17) is 14.5 Å². The summed E-state index contributed by atoms with van der Waals surface area (Å²) in [5.41, 5.74) is 1.11. The molecule has 0 aromatic heterocycles. The molecule has 0 saturated carbocycles. The van der Waals surface area contributed by atoms with E-state index in [2.05, 4.69) is 17.6 Å². The molecule has 1 aliphatic heterocycles. The molecule has 134 valence electrons. The van der Waals surface area contributed by atoms with Crippen molar-refractivity contribution in [2.24, 2.45) is 4.99 Å². The summed E-state index contributed by atoms with van der Waals surface area (Å²) < 4.78 is 11.0. The molecule has 0 bridgehead atoms. The van der Waals surface area contributed by atoms with Gasteiger partial charge >= 0.3 is 0 Å². The van der Waals surface area contributed by atoms with Crippen LogP contribution in [0.25, 0.3) is 0 Å². The van der Waals surface area contributed by atoms with Crippen LogP contribution in [0.4, 0.5) is 0 Å². The van der Waals surface area contributed by atoms with Gasteiger partial charge in [0.05, 0.1) is 20.3 Å². The average molecular weight is 352 g/mol. The topological polar surface area (TPSA) is 54.9 Å². The zero-order valence-corrected chi connectivity index (χ0v) is 15.7. The highest BCUT2D eigenvalue weighted by Crippen LogP contribution is 2.28. The second-order valence-corrected chi connectivity index (χ2v) is 6.82. The molecule has 2 rings (SSSR count). The Bertz CT molecular complexity index is 531. The highest BCUT2D eigenvalue weighted by Gasteiger charge is 2.14. The van der Waals surface area contributed by atoms with Crippen LogP contribution >= 0.6 is 11.8 Å². The first-order valence-corrected chi connectivity index (χ1v) is 9.84. The van der Waals surface area contributed by atoms with Crippen LogP contribution in [0.3, 0.4) is 0 Å². The molecule has 1 fully saturated rings. The van der Waals surface area contributed by atoms with Gasteiger partial charge in [-0.1, -0.05) is 6.07 Å². The SMILES string of the molecule is CCNC(=NCc1ccc(OC)c(OCC)c1)NC1CCCSC1. The summed E-state index contributed by atoms with van der Waals surface area (Å²) in [6.45, 7) is 6.15. The smallest absolute Gasteiger partial charge is 0.191 e. The normalized spacial score (nSPS) is 18.1. The minimum absolute atomic E-state index is 0.511. The standard InChI is InChI=1S/C18H29N3O2S/c1-4-19-18(21-15-7-6-10-24-13-15)20-12-14-8-9-16(22-3)17(11-14)23-5-2/h8-9,11,15H,4-7,10,12-13H2,1-3H3,(H2,19,20,21). The van der Waals surface area contributed by atoms with E-state index < -0.39 is 0 Å². The Morgan fingerprint density at radius 3 is 2.88 bits per heavy atom. The molecule has 1 heterocycles. The molecule has 6 heteroatoms. The molecule has 24 heavy (non-hydrogen) atoms. The lowest BCUT2D eigenvalue weighted by Gasteiger charge is -2.24. The summed E-state index contributed by atoms with van der Waals surface area (Å²) in [5.74, 6) is 4.85. The van der Waals surface area contributed by atoms with Crippen LogP contribution in [-0.4, -0.2) is 43.8 Å². The van der Waals surface area contributed by atoms with Gasteiger partial charge < -0.3 is 20.1 Å². The van der Waals surface area contributed by atoms with E-state index in [1.807, 2.05) is 36.9 Å². The number of thioether (sulfide) groups is 1. The molecule has 0 spiro atoms. The minimum atomic E-state index is 0.511. The van der Waals surface area contributed by atoms with Gasteiger partial charge in [-0.15, -0.1) is 0 Å². The van der Waals surface area contributed by atoms with Gasteiger partial charge in [-0.05, 0) is 50.1 Å². The first-order chi connectivity index (χ1) is 11.8. The molecule has 0 aliphatic carbocycles. The number of methoxy groups -OCH3 is 1. The minimum Gasteiger partial charge on any atom is -0.493 e. The molecular weight excluding hydrogens is 322 g/mol. The third-order valence-electron chi connectivity index (χ3n) is 3.79. The maximum Gasteiger partial charge on any atom is 0.191 e. The zero-order chi connectivity index (χ0) is 17.2. The van der Waals surface area contributed by atoms with E-state index >= 15 is 0 Å². The summed E-state index contributed by atoms with van der Waals surface area (Å²) >= 11 is 2.01.